The Bertz CT molecular complexity index is 467. The molecule has 1 fully saturated rings. The highest BCUT2D eigenvalue weighted by atomic mass is 19.1. The average molecular weight is 279 g/mol. The number of rotatable bonds is 5. The molecule has 1 aromatic carbocycles. The normalized spacial score (nSPS) is 18.8. The molecule has 1 aliphatic rings. The number of likely N-dealkylation sites (N-methyl/N-ethyl adjacent to an activating group) is 2. The highest BCUT2D eigenvalue weighted by molar-refractivity contribution is 5.55. The predicted octanol–water partition coefficient (Wildman–Crippen LogP) is 2.77. The first kappa shape index (κ1) is 15.3. The van der Waals surface area contributed by atoms with Crippen LogP contribution in [0.2, 0.25) is 0 Å². The molecule has 0 amide bonds. The van der Waals surface area contributed by atoms with Crippen molar-refractivity contribution in [1.82, 2.24) is 4.90 Å². The number of benzene rings is 1. The Morgan fingerprint density at radius 1 is 1.30 bits per heavy atom. The molecule has 4 heteroatoms. The molecule has 1 atom stereocenters. The maximum atomic E-state index is 13.4. The molecule has 112 valence electrons. The lowest BCUT2D eigenvalue weighted by Crippen LogP contribution is -2.56. The first-order chi connectivity index (χ1) is 9.35. The summed E-state index contributed by atoms with van der Waals surface area (Å²) in [4.78, 5) is 4.54. The largest absolute Gasteiger partial charge is 0.372 e. The van der Waals surface area contributed by atoms with E-state index in [2.05, 4.69) is 30.9 Å². The summed E-state index contributed by atoms with van der Waals surface area (Å²) in [6, 6.07) is 4.75. The molecule has 1 unspecified atom stereocenters. The van der Waals surface area contributed by atoms with Crippen molar-refractivity contribution in [2.24, 2.45) is 5.73 Å². The van der Waals surface area contributed by atoms with Crippen molar-refractivity contribution in [2.75, 3.05) is 32.6 Å². The maximum Gasteiger partial charge on any atom is 0.123 e. The maximum absolute atomic E-state index is 13.4. The van der Waals surface area contributed by atoms with E-state index in [1.807, 2.05) is 13.0 Å². The van der Waals surface area contributed by atoms with E-state index in [9.17, 15) is 4.39 Å². The predicted molar refractivity (Wildman–Crippen MR) is 82.5 cm³/mol. The summed E-state index contributed by atoms with van der Waals surface area (Å²) in [7, 11) is 6.36. The van der Waals surface area contributed by atoms with Crippen LogP contribution in [0, 0.1) is 5.82 Å². The van der Waals surface area contributed by atoms with E-state index in [1.54, 1.807) is 6.07 Å². The van der Waals surface area contributed by atoms with Crippen LogP contribution in [-0.4, -0.2) is 38.1 Å². The Kier molecular flexibility index (Phi) is 4.35. The van der Waals surface area contributed by atoms with E-state index < -0.39 is 0 Å². The van der Waals surface area contributed by atoms with Crippen molar-refractivity contribution in [1.29, 1.82) is 0 Å². The number of nitrogens with zero attached hydrogens (tertiary/aromatic N) is 2. The van der Waals surface area contributed by atoms with Crippen LogP contribution in [0.1, 0.15) is 37.8 Å². The fourth-order valence-corrected chi connectivity index (χ4v) is 3.10. The standard InChI is InChI=1S/C16H26FN3/c1-12(18)14-10-13(17)6-7-15(14)20(4)11-16(19(2)3)8-5-9-16/h6-7,10,12H,5,8-9,11,18H2,1-4H3. The second-order valence-electron chi connectivity index (χ2n) is 6.32. The van der Waals surface area contributed by atoms with Gasteiger partial charge in [0.2, 0.25) is 0 Å². The second-order valence-corrected chi connectivity index (χ2v) is 6.32. The van der Waals surface area contributed by atoms with Crippen molar-refractivity contribution in [2.45, 2.75) is 37.8 Å². The summed E-state index contributed by atoms with van der Waals surface area (Å²) >= 11 is 0. The first-order valence-electron chi connectivity index (χ1n) is 7.29. The molecule has 0 saturated heterocycles. The summed E-state index contributed by atoms with van der Waals surface area (Å²) in [5.74, 6) is -0.222. The SMILES string of the molecule is CC(N)c1cc(F)ccc1N(C)CC1(N(C)C)CCC1. The number of hydrogen-bond acceptors (Lipinski definition) is 3. The number of hydrogen-bond donors (Lipinski definition) is 1. The van der Waals surface area contributed by atoms with E-state index >= 15 is 0 Å². The molecule has 2 N–H and O–H groups in total. The van der Waals surface area contributed by atoms with Crippen LogP contribution in [-0.2, 0) is 0 Å². The minimum Gasteiger partial charge on any atom is -0.372 e. The topological polar surface area (TPSA) is 32.5 Å². The Labute approximate surface area is 121 Å². The second kappa shape index (κ2) is 5.70. The van der Waals surface area contributed by atoms with Crippen LogP contribution in [0.5, 0.6) is 0 Å². The summed E-state index contributed by atoms with van der Waals surface area (Å²) < 4.78 is 13.4. The zero-order valence-corrected chi connectivity index (χ0v) is 13.0. The van der Waals surface area contributed by atoms with Gasteiger partial charge >= 0.3 is 0 Å². The van der Waals surface area contributed by atoms with Gasteiger partial charge in [-0.3, -0.25) is 0 Å². The molecule has 20 heavy (non-hydrogen) atoms. The average Bonchev–Trinajstić information content (AvgIpc) is 2.32. The molecule has 0 aliphatic heterocycles. The fraction of sp³-hybridized carbons (Fsp3) is 0.625. The van der Waals surface area contributed by atoms with Gasteiger partial charge in [-0.05, 0) is 64.0 Å². The summed E-state index contributed by atoms with van der Waals surface area (Å²) in [6.45, 7) is 2.85. The molecule has 0 bridgehead atoms. The third-order valence-corrected chi connectivity index (χ3v) is 4.66. The van der Waals surface area contributed by atoms with Crippen LogP contribution < -0.4 is 10.6 Å². The molecule has 2 rings (SSSR count). The molecule has 1 saturated carbocycles. The first-order valence-corrected chi connectivity index (χ1v) is 7.29. The quantitative estimate of drug-likeness (QED) is 0.899. The van der Waals surface area contributed by atoms with Gasteiger partial charge in [0, 0.05) is 30.9 Å². The van der Waals surface area contributed by atoms with Crippen LogP contribution in [0.4, 0.5) is 10.1 Å². The summed E-state index contributed by atoms with van der Waals surface area (Å²) in [6.07, 6.45) is 3.73. The van der Waals surface area contributed by atoms with Gasteiger partial charge in [0.1, 0.15) is 5.82 Å². The van der Waals surface area contributed by atoms with E-state index in [1.165, 1.54) is 25.3 Å². The Morgan fingerprint density at radius 3 is 2.40 bits per heavy atom. The number of nitrogens with two attached hydrogens (primary N) is 1. The van der Waals surface area contributed by atoms with Gasteiger partial charge in [-0.15, -0.1) is 0 Å². The van der Waals surface area contributed by atoms with Crippen molar-refractivity contribution in [3.8, 4) is 0 Å². The molecular weight excluding hydrogens is 253 g/mol. The molecule has 1 aromatic rings. The molecule has 3 nitrogen and oxygen atoms in total. The smallest absolute Gasteiger partial charge is 0.123 e. The van der Waals surface area contributed by atoms with Crippen LogP contribution in [0.25, 0.3) is 0 Å². The van der Waals surface area contributed by atoms with Gasteiger partial charge in [-0.2, -0.15) is 0 Å². The van der Waals surface area contributed by atoms with E-state index in [4.69, 9.17) is 5.73 Å². The fourth-order valence-electron chi connectivity index (χ4n) is 3.10. The summed E-state index contributed by atoms with van der Waals surface area (Å²) in [5, 5.41) is 0. The monoisotopic (exact) mass is 279 g/mol. The lowest BCUT2D eigenvalue weighted by Gasteiger charge is -2.49. The molecular formula is C16H26FN3. The van der Waals surface area contributed by atoms with Crippen LogP contribution in [0.15, 0.2) is 18.2 Å². The van der Waals surface area contributed by atoms with Gasteiger partial charge < -0.3 is 15.5 Å². The van der Waals surface area contributed by atoms with Gasteiger partial charge in [0.05, 0.1) is 0 Å². The van der Waals surface area contributed by atoms with Gasteiger partial charge in [0.25, 0.3) is 0 Å². The Balaban J connectivity index is 2.23. The van der Waals surface area contributed by atoms with Gasteiger partial charge in [-0.1, -0.05) is 0 Å². The highest BCUT2D eigenvalue weighted by Crippen LogP contribution is 2.38. The molecule has 0 aromatic heterocycles. The van der Waals surface area contributed by atoms with Crippen molar-refractivity contribution in [3.05, 3.63) is 29.6 Å². The van der Waals surface area contributed by atoms with Crippen LogP contribution >= 0.6 is 0 Å². The molecule has 0 heterocycles. The Hall–Kier alpha value is -1.13. The Morgan fingerprint density at radius 2 is 1.95 bits per heavy atom. The third-order valence-electron chi connectivity index (χ3n) is 4.66. The highest BCUT2D eigenvalue weighted by Gasteiger charge is 2.40. The zero-order valence-electron chi connectivity index (χ0n) is 13.0. The number of anilines is 1. The van der Waals surface area contributed by atoms with Crippen molar-refractivity contribution < 1.29 is 4.39 Å². The summed E-state index contributed by atoms with van der Waals surface area (Å²) in [5.41, 5.74) is 8.15. The molecule has 1 aliphatic carbocycles. The molecule has 0 spiro atoms. The minimum atomic E-state index is -0.222. The van der Waals surface area contributed by atoms with E-state index in [0.29, 0.717) is 0 Å². The van der Waals surface area contributed by atoms with E-state index in [-0.39, 0.29) is 17.4 Å². The van der Waals surface area contributed by atoms with Crippen molar-refractivity contribution >= 4 is 5.69 Å². The number of halogens is 1. The molecule has 0 radical (unpaired) electrons. The van der Waals surface area contributed by atoms with Crippen molar-refractivity contribution in [3.63, 3.8) is 0 Å². The van der Waals surface area contributed by atoms with Gasteiger partial charge in [-0.25, -0.2) is 4.39 Å². The lowest BCUT2D eigenvalue weighted by atomic mass is 9.75. The van der Waals surface area contributed by atoms with Crippen LogP contribution in [0.3, 0.4) is 0 Å². The third kappa shape index (κ3) is 2.81. The van der Waals surface area contributed by atoms with Gasteiger partial charge in [0.15, 0.2) is 0 Å². The zero-order chi connectivity index (χ0) is 14.9. The lowest BCUT2D eigenvalue weighted by molar-refractivity contribution is 0.0683. The minimum absolute atomic E-state index is 0.167. The van der Waals surface area contributed by atoms with E-state index in [0.717, 1.165) is 17.8 Å².